The van der Waals surface area contributed by atoms with Gasteiger partial charge >= 0.3 is 0 Å². The summed E-state index contributed by atoms with van der Waals surface area (Å²) in [6, 6.07) is 5.74. The van der Waals surface area contributed by atoms with Crippen molar-refractivity contribution in [3.05, 3.63) is 26.2 Å². The zero-order valence-corrected chi connectivity index (χ0v) is 9.83. The molecule has 0 atom stereocenters. The van der Waals surface area contributed by atoms with Gasteiger partial charge in [-0.25, -0.2) is 4.99 Å². The van der Waals surface area contributed by atoms with E-state index in [1.807, 2.05) is 18.2 Å². The van der Waals surface area contributed by atoms with Crippen LogP contribution in [0, 0.1) is 3.57 Å². The van der Waals surface area contributed by atoms with E-state index in [1.54, 1.807) is 0 Å². The van der Waals surface area contributed by atoms with Gasteiger partial charge in [-0.05, 0) is 40.8 Å². The summed E-state index contributed by atoms with van der Waals surface area (Å²) in [7, 11) is 0. The molecule has 0 amide bonds. The van der Waals surface area contributed by atoms with E-state index in [-0.39, 0.29) is 5.96 Å². The lowest BCUT2D eigenvalue weighted by molar-refractivity contribution is 1.40. The van der Waals surface area contributed by atoms with Crippen molar-refractivity contribution in [2.45, 2.75) is 0 Å². The first kappa shape index (κ1) is 9.79. The van der Waals surface area contributed by atoms with Crippen LogP contribution in [-0.4, -0.2) is 5.96 Å². The van der Waals surface area contributed by atoms with Gasteiger partial charge in [-0.1, -0.05) is 15.9 Å². The van der Waals surface area contributed by atoms with Gasteiger partial charge in [0.2, 0.25) is 0 Å². The maximum absolute atomic E-state index is 5.25. The van der Waals surface area contributed by atoms with E-state index in [4.69, 9.17) is 11.5 Å². The SMILES string of the molecule is NC(N)=Nc1cc(Br)ccc1I. The summed E-state index contributed by atoms with van der Waals surface area (Å²) in [6.07, 6.45) is 0. The Labute approximate surface area is 92.5 Å². The van der Waals surface area contributed by atoms with Crippen LogP contribution >= 0.6 is 38.5 Å². The van der Waals surface area contributed by atoms with Gasteiger partial charge in [0.05, 0.1) is 5.69 Å². The van der Waals surface area contributed by atoms with Crippen molar-refractivity contribution in [3.63, 3.8) is 0 Å². The van der Waals surface area contributed by atoms with Gasteiger partial charge in [-0.15, -0.1) is 0 Å². The number of guanidine groups is 1. The fourth-order valence-corrected chi connectivity index (χ4v) is 1.52. The molecule has 0 fully saturated rings. The molecule has 1 rings (SSSR count). The Morgan fingerprint density at radius 1 is 1.42 bits per heavy atom. The lowest BCUT2D eigenvalue weighted by Gasteiger charge is -1.99. The second kappa shape index (κ2) is 4.08. The Bertz CT molecular complexity index is 320. The number of hydrogen-bond acceptors (Lipinski definition) is 1. The lowest BCUT2D eigenvalue weighted by Crippen LogP contribution is -2.22. The van der Waals surface area contributed by atoms with Crippen molar-refractivity contribution in [1.29, 1.82) is 0 Å². The zero-order chi connectivity index (χ0) is 9.14. The molecule has 4 N–H and O–H groups in total. The van der Waals surface area contributed by atoms with Gasteiger partial charge in [0.25, 0.3) is 0 Å². The summed E-state index contributed by atoms with van der Waals surface area (Å²) in [4.78, 5) is 3.95. The quantitative estimate of drug-likeness (QED) is 0.466. The van der Waals surface area contributed by atoms with Crippen molar-refractivity contribution >= 4 is 50.2 Å². The maximum Gasteiger partial charge on any atom is 0.191 e. The molecular weight excluding hydrogens is 333 g/mol. The fourth-order valence-electron chi connectivity index (χ4n) is 0.711. The molecule has 0 heterocycles. The summed E-state index contributed by atoms with van der Waals surface area (Å²) < 4.78 is 1.98. The molecule has 0 spiro atoms. The first-order valence-corrected chi connectivity index (χ1v) is 5.01. The van der Waals surface area contributed by atoms with Crippen molar-refractivity contribution in [3.8, 4) is 0 Å². The van der Waals surface area contributed by atoms with Crippen LogP contribution in [0.4, 0.5) is 5.69 Å². The number of nitrogens with two attached hydrogens (primary N) is 2. The minimum Gasteiger partial charge on any atom is -0.370 e. The standard InChI is InChI=1S/C7H7BrIN3/c8-4-1-2-5(9)6(3-4)12-7(10)11/h1-3H,(H4,10,11,12). The van der Waals surface area contributed by atoms with Crippen LogP contribution in [0.2, 0.25) is 0 Å². The molecule has 0 radical (unpaired) electrons. The number of benzene rings is 1. The van der Waals surface area contributed by atoms with E-state index in [0.717, 1.165) is 13.7 Å². The molecule has 0 unspecified atom stereocenters. The Hall–Kier alpha value is -0.300. The van der Waals surface area contributed by atoms with E-state index in [9.17, 15) is 0 Å². The number of hydrogen-bond donors (Lipinski definition) is 2. The van der Waals surface area contributed by atoms with Gasteiger partial charge in [0.1, 0.15) is 0 Å². The molecule has 0 aliphatic rings. The number of rotatable bonds is 1. The number of nitrogens with zero attached hydrogens (tertiary/aromatic N) is 1. The Balaban J connectivity index is 3.14. The van der Waals surface area contributed by atoms with Gasteiger partial charge in [-0.2, -0.15) is 0 Å². The molecule has 0 saturated carbocycles. The fraction of sp³-hybridized carbons (Fsp3) is 0. The van der Waals surface area contributed by atoms with Gasteiger partial charge in [0, 0.05) is 8.04 Å². The maximum atomic E-state index is 5.25. The predicted molar refractivity (Wildman–Crippen MR) is 62.3 cm³/mol. The highest BCUT2D eigenvalue weighted by atomic mass is 127. The van der Waals surface area contributed by atoms with Crippen molar-refractivity contribution in [2.24, 2.45) is 16.5 Å². The topological polar surface area (TPSA) is 64.4 Å². The van der Waals surface area contributed by atoms with Crippen LogP contribution in [-0.2, 0) is 0 Å². The van der Waals surface area contributed by atoms with E-state index in [2.05, 4.69) is 43.5 Å². The zero-order valence-electron chi connectivity index (χ0n) is 6.09. The molecule has 0 aliphatic carbocycles. The minimum absolute atomic E-state index is 0.0750. The van der Waals surface area contributed by atoms with Gasteiger partial charge in [-0.3, -0.25) is 0 Å². The number of aliphatic imine (C=N–C) groups is 1. The molecule has 12 heavy (non-hydrogen) atoms. The summed E-state index contributed by atoms with van der Waals surface area (Å²) >= 11 is 5.50. The summed E-state index contributed by atoms with van der Waals surface area (Å²) in [6.45, 7) is 0. The molecule has 1 aromatic carbocycles. The van der Waals surface area contributed by atoms with E-state index in [1.165, 1.54) is 0 Å². The molecule has 0 saturated heterocycles. The van der Waals surface area contributed by atoms with Crippen LogP contribution in [0.1, 0.15) is 0 Å². The van der Waals surface area contributed by atoms with Gasteiger partial charge < -0.3 is 11.5 Å². The van der Waals surface area contributed by atoms with Crippen LogP contribution in [0.3, 0.4) is 0 Å². The second-order valence-electron chi connectivity index (χ2n) is 2.13. The number of halogens is 2. The van der Waals surface area contributed by atoms with Crippen molar-refractivity contribution in [2.75, 3.05) is 0 Å². The molecule has 0 aliphatic heterocycles. The lowest BCUT2D eigenvalue weighted by atomic mass is 10.3. The highest BCUT2D eigenvalue weighted by Crippen LogP contribution is 2.25. The molecule has 64 valence electrons. The first-order chi connectivity index (χ1) is 5.59. The Kier molecular flexibility index (Phi) is 3.33. The van der Waals surface area contributed by atoms with Crippen LogP contribution < -0.4 is 11.5 Å². The monoisotopic (exact) mass is 339 g/mol. The third-order valence-corrected chi connectivity index (χ3v) is 2.56. The van der Waals surface area contributed by atoms with Crippen LogP contribution in [0.5, 0.6) is 0 Å². The second-order valence-corrected chi connectivity index (χ2v) is 4.21. The van der Waals surface area contributed by atoms with E-state index >= 15 is 0 Å². The van der Waals surface area contributed by atoms with E-state index < -0.39 is 0 Å². The highest BCUT2D eigenvalue weighted by Gasteiger charge is 1.98. The molecule has 5 heteroatoms. The van der Waals surface area contributed by atoms with E-state index in [0.29, 0.717) is 0 Å². The van der Waals surface area contributed by atoms with Crippen LogP contribution in [0.25, 0.3) is 0 Å². The highest BCUT2D eigenvalue weighted by molar-refractivity contribution is 14.1. The van der Waals surface area contributed by atoms with Crippen molar-refractivity contribution in [1.82, 2.24) is 0 Å². The summed E-state index contributed by atoms with van der Waals surface area (Å²) in [5.74, 6) is 0.0750. The molecular formula is C7H7BrIN3. The average Bonchev–Trinajstić information content (AvgIpc) is 1.96. The third-order valence-electron chi connectivity index (χ3n) is 1.16. The minimum atomic E-state index is 0.0750. The normalized spacial score (nSPS) is 9.50. The average molecular weight is 340 g/mol. The van der Waals surface area contributed by atoms with Crippen LogP contribution in [0.15, 0.2) is 27.7 Å². The molecule has 1 aromatic rings. The third kappa shape index (κ3) is 2.63. The smallest absolute Gasteiger partial charge is 0.191 e. The Morgan fingerprint density at radius 3 is 2.67 bits per heavy atom. The largest absolute Gasteiger partial charge is 0.370 e. The predicted octanol–water partition coefficient (Wildman–Crippen LogP) is 1.96. The molecule has 3 nitrogen and oxygen atoms in total. The summed E-state index contributed by atoms with van der Waals surface area (Å²) in [5.41, 5.74) is 11.3. The van der Waals surface area contributed by atoms with Gasteiger partial charge in [0.15, 0.2) is 5.96 Å². The molecule has 0 bridgehead atoms. The molecule has 0 aromatic heterocycles. The Morgan fingerprint density at radius 2 is 2.08 bits per heavy atom. The first-order valence-electron chi connectivity index (χ1n) is 3.14. The van der Waals surface area contributed by atoms with Crippen molar-refractivity contribution < 1.29 is 0 Å². The summed E-state index contributed by atoms with van der Waals surface area (Å²) in [5, 5.41) is 0.